The fraction of sp³-hybridized carbons (Fsp3) is 0.400. The zero-order valence-corrected chi connectivity index (χ0v) is 24.6. The molecule has 11 nitrogen and oxygen atoms in total. The third-order valence-electron chi connectivity index (χ3n) is 8.05. The van der Waals surface area contributed by atoms with Crippen molar-refractivity contribution in [3.63, 3.8) is 0 Å². The Bertz CT molecular complexity index is 1640. The smallest absolute Gasteiger partial charge is 0.350 e. The van der Waals surface area contributed by atoms with Gasteiger partial charge in [-0.05, 0) is 49.8 Å². The Kier molecular flexibility index (Phi) is 8.38. The average molecular weight is 609 g/mol. The summed E-state index contributed by atoms with van der Waals surface area (Å²) in [6.07, 6.45) is -1.76. The molecule has 0 radical (unpaired) electrons. The van der Waals surface area contributed by atoms with E-state index in [9.17, 15) is 18.0 Å². The molecule has 232 valence electrons. The van der Waals surface area contributed by atoms with Crippen molar-refractivity contribution in [1.29, 1.82) is 0 Å². The highest BCUT2D eigenvalue weighted by Crippen LogP contribution is 2.35. The largest absolute Gasteiger partial charge is 0.416 e. The maximum Gasteiger partial charge on any atom is 0.416 e. The van der Waals surface area contributed by atoms with Crippen LogP contribution in [0.2, 0.25) is 0 Å². The van der Waals surface area contributed by atoms with Crippen LogP contribution in [0.25, 0.3) is 22.2 Å². The highest BCUT2D eigenvalue weighted by atomic mass is 19.4. The highest BCUT2D eigenvalue weighted by molar-refractivity contribution is 5.99. The maximum absolute atomic E-state index is 14.0. The fourth-order valence-electron chi connectivity index (χ4n) is 5.60. The minimum Gasteiger partial charge on any atom is -0.350 e. The predicted molar refractivity (Wildman–Crippen MR) is 163 cm³/mol. The van der Waals surface area contributed by atoms with Crippen molar-refractivity contribution in [2.75, 3.05) is 62.3 Å². The first-order valence-corrected chi connectivity index (χ1v) is 14.6. The lowest BCUT2D eigenvalue weighted by Crippen LogP contribution is -2.44. The van der Waals surface area contributed by atoms with E-state index in [0.717, 1.165) is 60.8 Å². The molecule has 2 aliphatic rings. The van der Waals surface area contributed by atoms with Gasteiger partial charge in [0.15, 0.2) is 5.82 Å². The van der Waals surface area contributed by atoms with Gasteiger partial charge in [0.05, 0.1) is 16.8 Å². The molecule has 2 aromatic heterocycles. The van der Waals surface area contributed by atoms with Gasteiger partial charge in [0.2, 0.25) is 5.95 Å². The SMILES string of the molecule is CN1CCN(Cc2ccc(NC(=O)Nc3cc(-c4ccc5nc(N[C@H]6CCNC6)ncc5c4)n(C)n3)cc2C(F)(F)F)CC1. The molecular weight excluding hydrogens is 573 g/mol. The number of rotatable bonds is 7. The molecule has 4 aromatic rings. The summed E-state index contributed by atoms with van der Waals surface area (Å²) < 4.78 is 43.5. The van der Waals surface area contributed by atoms with Crippen LogP contribution >= 0.6 is 0 Å². The van der Waals surface area contributed by atoms with Crippen LogP contribution in [0.4, 0.5) is 35.4 Å². The summed E-state index contributed by atoms with van der Waals surface area (Å²) >= 11 is 0. The molecule has 0 unspecified atom stereocenters. The molecule has 14 heteroatoms. The van der Waals surface area contributed by atoms with Crippen LogP contribution in [0, 0.1) is 0 Å². The van der Waals surface area contributed by atoms with Crippen LogP contribution in [0.5, 0.6) is 0 Å². The van der Waals surface area contributed by atoms with E-state index in [-0.39, 0.29) is 23.6 Å². The lowest BCUT2D eigenvalue weighted by atomic mass is 10.0. The molecule has 4 N–H and O–H groups in total. The van der Waals surface area contributed by atoms with Crippen molar-refractivity contribution in [3.8, 4) is 11.3 Å². The predicted octanol–water partition coefficient (Wildman–Crippen LogP) is 4.21. The van der Waals surface area contributed by atoms with Crippen LogP contribution in [0.3, 0.4) is 0 Å². The van der Waals surface area contributed by atoms with Gasteiger partial charge in [-0.15, -0.1) is 0 Å². The molecule has 0 spiro atoms. The van der Waals surface area contributed by atoms with E-state index in [4.69, 9.17) is 0 Å². The van der Waals surface area contributed by atoms with Crippen LogP contribution in [0.1, 0.15) is 17.5 Å². The number of benzene rings is 2. The molecule has 4 heterocycles. The van der Waals surface area contributed by atoms with Crippen molar-refractivity contribution in [1.82, 2.24) is 34.9 Å². The van der Waals surface area contributed by atoms with Gasteiger partial charge in [0.25, 0.3) is 0 Å². The summed E-state index contributed by atoms with van der Waals surface area (Å²) in [7, 11) is 3.74. The summed E-state index contributed by atoms with van der Waals surface area (Å²) in [6.45, 7) is 5.07. The number of aromatic nitrogens is 4. The van der Waals surface area contributed by atoms with E-state index < -0.39 is 17.8 Å². The van der Waals surface area contributed by atoms with Gasteiger partial charge >= 0.3 is 12.2 Å². The number of aryl methyl sites for hydroxylation is 1. The van der Waals surface area contributed by atoms with Crippen molar-refractivity contribution in [2.24, 2.45) is 7.05 Å². The second-order valence-electron chi connectivity index (χ2n) is 11.4. The number of anilines is 3. The zero-order valence-electron chi connectivity index (χ0n) is 24.6. The molecule has 0 bridgehead atoms. The molecule has 2 amide bonds. The van der Waals surface area contributed by atoms with E-state index in [2.05, 4.69) is 41.2 Å². The molecule has 0 saturated carbocycles. The van der Waals surface area contributed by atoms with Crippen LogP contribution in [0.15, 0.2) is 48.7 Å². The fourth-order valence-corrected chi connectivity index (χ4v) is 5.60. The van der Waals surface area contributed by atoms with Gasteiger partial charge in [-0.2, -0.15) is 18.3 Å². The summed E-state index contributed by atoms with van der Waals surface area (Å²) in [5, 5.41) is 17.0. The number of amides is 2. The molecule has 2 aliphatic heterocycles. The lowest BCUT2D eigenvalue weighted by Gasteiger charge is -2.33. The number of likely N-dealkylation sites (N-methyl/N-ethyl adjacent to an activating group) is 1. The van der Waals surface area contributed by atoms with Crippen LogP contribution in [-0.4, -0.2) is 87.9 Å². The molecular formula is C30H35F3N10O. The first kappa shape index (κ1) is 29.8. The Morgan fingerprint density at radius 1 is 1.05 bits per heavy atom. The monoisotopic (exact) mass is 608 g/mol. The van der Waals surface area contributed by atoms with Gasteiger partial charge in [-0.1, -0.05) is 12.1 Å². The normalized spacial score (nSPS) is 18.1. The molecule has 1 atom stereocenters. The molecule has 2 aromatic carbocycles. The quantitative estimate of drug-likeness (QED) is 0.247. The lowest BCUT2D eigenvalue weighted by molar-refractivity contribution is -0.138. The van der Waals surface area contributed by atoms with Crippen molar-refractivity contribution < 1.29 is 18.0 Å². The minimum absolute atomic E-state index is 0.0423. The minimum atomic E-state index is -4.55. The zero-order chi connectivity index (χ0) is 30.8. The van der Waals surface area contributed by atoms with Gasteiger partial charge in [-0.3, -0.25) is 14.9 Å². The standard InChI is InChI=1S/C30H35F3N10O/c1-41-9-11-43(12-10-41)18-20-3-5-22(14-24(20)30(31,32)33)37-29(44)39-27-15-26(42(2)40-27)19-4-6-25-21(13-19)16-35-28(38-25)36-23-7-8-34-17-23/h3-6,13-16,23,34H,7-12,17-18H2,1-2H3,(H,35,36,38)(H2,37,39,40,44)/t23-/m0/s1. The van der Waals surface area contributed by atoms with E-state index in [0.29, 0.717) is 25.1 Å². The summed E-state index contributed by atoms with van der Waals surface area (Å²) in [6, 6.07) is 11.0. The second-order valence-corrected chi connectivity index (χ2v) is 11.4. The van der Waals surface area contributed by atoms with Crippen molar-refractivity contribution >= 4 is 34.4 Å². The van der Waals surface area contributed by atoms with Gasteiger partial charge in [0.1, 0.15) is 0 Å². The number of alkyl halides is 3. The van der Waals surface area contributed by atoms with Gasteiger partial charge in [-0.25, -0.2) is 14.8 Å². The third-order valence-corrected chi connectivity index (χ3v) is 8.05. The Hall–Kier alpha value is -4.27. The molecule has 0 aliphatic carbocycles. The number of nitrogens with zero attached hydrogens (tertiary/aromatic N) is 6. The maximum atomic E-state index is 14.0. The topological polar surface area (TPSA) is 115 Å². The number of carbonyl (C=O) groups excluding carboxylic acids is 1. The second kappa shape index (κ2) is 12.4. The highest BCUT2D eigenvalue weighted by Gasteiger charge is 2.34. The summed E-state index contributed by atoms with van der Waals surface area (Å²) in [5.74, 6) is 0.841. The van der Waals surface area contributed by atoms with Crippen LogP contribution < -0.4 is 21.3 Å². The molecule has 44 heavy (non-hydrogen) atoms. The number of halogens is 3. The molecule has 2 fully saturated rings. The van der Waals surface area contributed by atoms with Gasteiger partial charge < -0.3 is 20.9 Å². The summed E-state index contributed by atoms with van der Waals surface area (Å²) in [5.41, 5.74) is 1.84. The number of hydrogen-bond donors (Lipinski definition) is 4. The number of fused-ring (bicyclic) bond motifs is 1. The number of piperazine rings is 1. The van der Waals surface area contributed by atoms with E-state index in [1.54, 1.807) is 24.0 Å². The van der Waals surface area contributed by atoms with E-state index in [1.807, 2.05) is 30.1 Å². The summed E-state index contributed by atoms with van der Waals surface area (Å²) in [4.78, 5) is 26.0. The average Bonchev–Trinajstić information content (AvgIpc) is 3.63. The van der Waals surface area contributed by atoms with E-state index >= 15 is 0 Å². The van der Waals surface area contributed by atoms with Crippen molar-refractivity contribution in [3.05, 3.63) is 59.8 Å². The van der Waals surface area contributed by atoms with Crippen LogP contribution in [-0.2, 0) is 19.8 Å². The van der Waals surface area contributed by atoms with Gasteiger partial charge in [0, 0.05) is 81.3 Å². The van der Waals surface area contributed by atoms with Crippen molar-refractivity contribution in [2.45, 2.75) is 25.2 Å². The number of hydrogen-bond acceptors (Lipinski definition) is 8. The first-order chi connectivity index (χ1) is 21.1. The molecule has 6 rings (SSSR count). The Balaban J connectivity index is 1.12. The third kappa shape index (κ3) is 6.93. The Morgan fingerprint density at radius 3 is 2.61 bits per heavy atom. The Morgan fingerprint density at radius 2 is 1.86 bits per heavy atom. The number of urea groups is 1. The Labute approximate surface area is 252 Å². The van der Waals surface area contributed by atoms with E-state index in [1.165, 1.54) is 12.1 Å². The number of nitrogens with one attached hydrogen (secondary N) is 4. The number of carbonyl (C=O) groups is 1. The molecule has 2 saturated heterocycles. The first-order valence-electron chi connectivity index (χ1n) is 14.6.